The molecule has 3 aromatic heterocycles. The minimum atomic E-state index is -2.86. The van der Waals surface area contributed by atoms with Crippen molar-refractivity contribution in [3.8, 4) is 5.75 Å². The molecule has 5 fully saturated rings. The third-order valence-electron chi connectivity index (χ3n) is 14.0. The number of aromatic nitrogens is 5. The van der Waals surface area contributed by atoms with Gasteiger partial charge >= 0.3 is 6.03 Å². The smallest absolute Gasteiger partial charge is 0.328 e. The van der Waals surface area contributed by atoms with Gasteiger partial charge in [-0.25, -0.2) is 23.1 Å². The summed E-state index contributed by atoms with van der Waals surface area (Å²) in [5.74, 6) is 0.841. The predicted molar refractivity (Wildman–Crippen MR) is 229 cm³/mol. The lowest BCUT2D eigenvalue weighted by molar-refractivity contribution is -0.120. The van der Waals surface area contributed by atoms with E-state index in [0.29, 0.717) is 73.8 Å². The first-order chi connectivity index (χ1) is 30.6. The van der Waals surface area contributed by atoms with Crippen molar-refractivity contribution in [3.63, 3.8) is 0 Å². The van der Waals surface area contributed by atoms with E-state index in [1.165, 1.54) is 41.8 Å². The van der Waals surface area contributed by atoms with Gasteiger partial charge in [-0.1, -0.05) is 0 Å². The number of nitrogens with zero attached hydrogens (tertiary/aromatic N) is 9. The number of morpholine rings is 1. The highest BCUT2D eigenvalue weighted by atomic mass is 19.3. The van der Waals surface area contributed by atoms with Crippen LogP contribution >= 0.6 is 0 Å². The zero-order valence-electron chi connectivity index (χ0n) is 35.6. The van der Waals surface area contributed by atoms with Crippen LogP contribution in [0.4, 0.5) is 30.8 Å². The Hall–Kier alpha value is -5.69. The monoisotopic (exact) mass is 871 g/mol. The number of fused-ring (bicyclic) bond motifs is 1. The maximum Gasteiger partial charge on any atom is 0.328 e. The van der Waals surface area contributed by atoms with E-state index in [9.17, 15) is 28.0 Å². The quantitative estimate of drug-likeness (QED) is 0.194. The molecule has 1 saturated carbocycles. The number of hydrogen-bond donors (Lipinski definition) is 2. The van der Waals surface area contributed by atoms with Gasteiger partial charge in [0.2, 0.25) is 5.91 Å². The molecule has 4 aromatic rings. The fourth-order valence-electron chi connectivity index (χ4n) is 10.1. The van der Waals surface area contributed by atoms with E-state index in [0.717, 1.165) is 64.6 Å². The van der Waals surface area contributed by atoms with Crippen LogP contribution in [0.5, 0.6) is 5.75 Å². The first-order valence-electron chi connectivity index (χ1n) is 22.2. The van der Waals surface area contributed by atoms with E-state index in [1.54, 1.807) is 29.1 Å². The Morgan fingerprint density at radius 2 is 1.75 bits per heavy atom. The maximum atomic E-state index is 14.3. The fourth-order valence-corrected chi connectivity index (χ4v) is 10.1. The normalized spacial score (nSPS) is 20.5. The van der Waals surface area contributed by atoms with Gasteiger partial charge in [0.15, 0.2) is 11.3 Å². The van der Waals surface area contributed by atoms with E-state index >= 15 is 0 Å². The predicted octanol–water partition coefficient (Wildman–Crippen LogP) is 5.55. The number of imide groups is 1. The van der Waals surface area contributed by atoms with Crippen molar-refractivity contribution < 1.29 is 37.4 Å². The van der Waals surface area contributed by atoms with Crippen LogP contribution in [0.25, 0.3) is 5.65 Å². The molecule has 2 N–H and O–H groups in total. The van der Waals surface area contributed by atoms with Crippen LogP contribution in [0.1, 0.15) is 103 Å². The van der Waals surface area contributed by atoms with Crippen molar-refractivity contribution in [3.05, 3.63) is 59.7 Å². The summed E-state index contributed by atoms with van der Waals surface area (Å²) in [6, 6.07) is 6.38. The number of hydrogen-bond acceptors (Lipinski definition) is 11. The highest BCUT2D eigenvalue weighted by Crippen LogP contribution is 2.47. The average Bonchev–Trinajstić information content (AvgIpc) is 3.94. The fraction of sp³-hybridized carbons (Fsp3) is 0.568. The number of rotatable bonds is 11. The SMILES string of the molecule is COc1ccc(C(=O)N2CCC3(CCC(CCN4CCC(n5cc(NC(=O)c6cnn7ccc(N8CCOCC8)nc67)c(C(F)F)n5)CC4)CC3)CC2)cc1N1CCC(=O)NC1=O. The molecule has 1 spiro atoms. The van der Waals surface area contributed by atoms with Gasteiger partial charge in [-0.05, 0) is 99.9 Å². The molecule has 19 heteroatoms. The molecule has 9 rings (SSSR count). The lowest BCUT2D eigenvalue weighted by atomic mass is 9.65. The van der Waals surface area contributed by atoms with Gasteiger partial charge in [-0.2, -0.15) is 10.2 Å². The maximum absolute atomic E-state index is 14.3. The Labute approximate surface area is 364 Å². The van der Waals surface area contributed by atoms with Gasteiger partial charge < -0.3 is 29.5 Å². The number of carbonyl (C=O) groups is 4. The van der Waals surface area contributed by atoms with Crippen molar-refractivity contribution in [2.45, 2.75) is 76.7 Å². The number of likely N-dealkylation sites (tertiary alicyclic amines) is 2. The third-order valence-corrected chi connectivity index (χ3v) is 14.0. The van der Waals surface area contributed by atoms with Crippen molar-refractivity contribution in [2.75, 3.05) is 87.8 Å². The van der Waals surface area contributed by atoms with E-state index < -0.39 is 24.1 Å². The molecule has 4 saturated heterocycles. The Balaban J connectivity index is 0.732. The lowest BCUT2D eigenvalue weighted by Gasteiger charge is -2.46. The van der Waals surface area contributed by atoms with E-state index in [-0.39, 0.29) is 47.5 Å². The zero-order valence-corrected chi connectivity index (χ0v) is 35.6. The van der Waals surface area contributed by atoms with Crippen LogP contribution < -0.4 is 25.2 Å². The molecule has 0 radical (unpaired) electrons. The summed E-state index contributed by atoms with van der Waals surface area (Å²) in [5.41, 5.74) is 1.28. The lowest BCUT2D eigenvalue weighted by Crippen LogP contribution is -2.49. The van der Waals surface area contributed by atoms with Crippen molar-refractivity contribution in [1.82, 2.24) is 39.5 Å². The minimum absolute atomic E-state index is 0.00955. The third kappa shape index (κ3) is 9.07. The number of halogens is 2. The van der Waals surface area contributed by atoms with Crippen molar-refractivity contribution >= 4 is 46.6 Å². The molecule has 1 aromatic carbocycles. The Morgan fingerprint density at radius 1 is 0.984 bits per heavy atom. The molecule has 63 heavy (non-hydrogen) atoms. The standard InChI is InChI=1S/C44H55F2N11O6/c1-62-35-3-2-30(26-34(35)55-18-10-37(58)50-43(55)61)42(60)54-20-13-44(14-21-54)11-4-29(5-12-44)6-15-52-16-7-31(8-17-52)57-28-33(38(51-57)39(45)46)48-41(59)32-27-47-56-19-9-36(49-40(32)56)53-22-24-63-25-23-53/h2-3,9,19,26-29,31,39H,4-8,10-18,20-25H2,1H3,(H,48,59)(H,50,58,61). The van der Waals surface area contributed by atoms with Gasteiger partial charge in [0, 0.05) is 70.2 Å². The van der Waals surface area contributed by atoms with Crippen LogP contribution in [0.3, 0.4) is 0 Å². The largest absolute Gasteiger partial charge is 0.495 e. The summed E-state index contributed by atoms with van der Waals surface area (Å²) in [4.78, 5) is 64.0. The van der Waals surface area contributed by atoms with Gasteiger partial charge in [0.1, 0.15) is 17.1 Å². The van der Waals surface area contributed by atoms with E-state index in [2.05, 4.69) is 35.6 Å². The van der Waals surface area contributed by atoms with Gasteiger partial charge in [0.25, 0.3) is 18.2 Å². The summed E-state index contributed by atoms with van der Waals surface area (Å²) in [6.45, 7) is 6.81. The van der Waals surface area contributed by atoms with Gasteiger partial charge in [0.05, 0.1) is 43.9 Å². The molecular weight excluding hydrogens is 817 g/mol. The summed E-state index contributed by atoms with van der Waals surface area (Å²) < 4.78 is 42.6. The highest BCUT2D eigenvalue weighted by Gasteiger charge is 2.40. The van der Waals surface area contributed by atoms with E-state index in [1.807, 2.05) is 11.0 Å². The molecule has 5 aliphatic rings. The first kappa shape index (κ1) is 42.6. The van der Waals surface area contributed by atoms with Crippen LogP contribution in [0, 0.1) is 11.3 Å². The molecule has 0 unspecified atom stereocenters. The molecule has 0 bridgehead atoms. The second-order valence-electron chi connectivity index (χ2n) is 17.6. The number of anilines is 3. The Kier molecular flexibility index (Phi) is 12.3. The van der Waals surface area contributed by atoms with Crippen LogP contribution in [0.15, 0.2) is 42.9 Å². The zero-order chi connectivity index (χ0) is 43.7. The molecule has 7 heterocycles. The Bertz CT molecular complexity index is 2320. The second kappa shape index (κ2) is 18.2. The summed E-state index contributed by atoms with van der Waals surface area (Å²) >= 11 is 0. The number of amides is 5. The van der Waals surface area contributed by atoms with Crippen LogP contribution in [-0.4, -0.2) is 131 Å². The number of urea groups is 1. The number of ether oxygens (including phenoxy) is 2. The van der Waals surface area contributed by atoms with Crippen LogP contribution in [-0.2, 0) is 9.53 Å². The molecule has 17 nitrogen and oxygen atoms in total. The first-order valence-corrected chi connectivity index (χ1v) is 22.2. The average molecular weight is 872 g/mol. The van der Waals surface area contributed by atoms with E-state index in [4.69, 9.17) is 9.47 Å². The van der Waals surface area contributed by atoms with Gasteiger partial charge in [-0.15, -0.1) is 0 Å². The molecule has 336 valence electrons. The van der Waals surface area contributed by atoms with Crippen molar-refractivity contribution in [2.24, 2.45) is 11.3 Å². The number of nitrogens with one attached hydrogen (secondary N) is 2. The number of piperidine rings is 2. The summed E-state index contributed by atoms with van der Waals surface area (Å²) in [6.07, 6.45) is 11.3. The second-order valence-corrected chi connectivity index (χ2v) is 17.6. The molecular formula is C44H55F2N11O6. The van der Waals surface area contributed by atoms with Crippen LogP contribution in [0.2, 0.25) is 0 Å². The molecule has 0 atom stereocenters. The minimum Gasteiger partial charge on any atom is -0.495 e. The summed E-state index contributed by atoms with van der Waals surface area (Å²) in [5, 5.41) is 13.6. The van der Waals surface area contributed by atoms with Crippen molar-refractivity contribution in [1.29, 1.82) is 0 Å². The molecule has 5 amide bonds. The molecule has 1 aliphatic carbocycles. The highest BCUT2D eigenvalue weighted by molar-refractivity contribution is 6.08. The number of carbonyl (C=O) groups excluding carboxylic acids is 4. The Morgan fingerprint density at radius 3 is 2.46 bits per heavy atom. The topological polar surface area (TPSA) is 172 Å². The number of alkyl halides is 2. The summed E-state index contributed by atoms with van der Waals surface area (Å²) in [7, 11) is 1.51. The number of benzene rings is 1. The number of methoxy groups -OCH3 is 1. The molecule has 4 aliphatic heterocycles. The van der Waals surface area contributed by atoms with Gasteiger partial charge in [-0.3, -0.25) is 29.3 Å².